The lowest BCUT2D eigenvalue weighted by Gasteiger charge is -2.51. The molecule has 5 rings (SSSR count). The maximum Gasteiger partial charge on any atom is 0.348 e. The highest BCUT2D eigenvalue weighted by molar-refractivity contribution is 7.93. The van der Waals surface area contributed by atoms with Crippen LogP contribution in [0.5, 0.6) is 0 Å². The monoisotopic (exact) mass is 524 g/mol. The summed E-state index contributed by atoms with van der Waals surface area (Å²) in [5.74, 6) is -1.96. The van der Waals surface area contributed by atoms with Crippen LogP contribution in [-0.4, -0.2) is 43.4 Å². The van der Waals surface area contributed by atoms with Crippen molar-refractivity contribution in [3.63, 3.8) is 0 Å². The highest BCUT2D eigenvalue weighted by Gasteiger charge is 2.59. The number of carboxylic acid groups (broad SMARTS) is 1. The number of amides is 1. The van der Waals surface area contributed by atoms with E-state index in [1.54, 1.807) is 36.4 Å². The van der Waals surface area contributed by atoms with Crippen molar-refractivity contribution in [3.8, 4) is 10.4 Å². The van der Waals surface area contributed by atoms with E-state index in [4.69, 9.17) is 0 Å². The average Bonchev–Trinajstić information content (AvgIpc) is 3.35. The molecule has 1 saturated heterocycles. The molecule has 1 atom stereocenters. The van der Waals surface area contributed by atoms with E-state index in [9.17, 15) is 23.1 Å². The Balaban J connectivity index is 1.77. The summed E-state index contributed by atoms with van der Waals surface area (Å²) in [5, 5.41) is 13.2. The number of carbonyl (C=O) groups excluding carboxylic acids is 1. The Morgan fingerprint density at radius 1 is 1.00 bits per heavy atom. The van der Waals surface area contributed by atoms with Crippen LogP contribution in [0.3, 0.4) is 0 Å². The largest absolute Gasteiger partial charge is 0.477 e. The summed E-state index contributed by atoms with van der Waals surface area (Å²) < 4.78 is 29.0. The first kappa shape index (κ1) is 24.7. The molecule has 2 aromatic carbocycles. The molecule has 1 saturated carbocycles. The van der Waals surface area contributed by atoms with Crippen molar-refractivity contribution in [2.75, 3.05) is 18.0 Å². The van der Waals surface area contributed by atoms with Crippen LogP contribution in [0.25, 0.3) is 10.4 Å². The van der Waals surface area contributed by atoms with Crippen LogP contribution in [0, 0.1) is 5.92 Å². The Morgan fingerprint density at radius 3 is 2.28 bits per heavy atom. The lowest BCUT2D eigenvalue weighted by molar-refractivity contribution is -0.120. The Labute approximate surface area is 214 Å². The van der Waals surface area contributed by atoms with E-state index in [0.717, 1.165) is 36.2 Å². The summed E-state index contributed by atoms with van der Waals surface area (Å²) in [7, 11) is -4.10. The van der Waals surface area contributed by atoms with Gasteiger partial charge in [-0.15, -0.1) is 11.3 Å². The molecule has 0 spiro atoms. The minimum absolute atomic E-state index is 0.0347. The molecule has 9 heteroatoms. The molecular formula is C27H28N2O5S2. The van der Waals surface area contributed by atoms with Gasteiger partial charge < -0.3 is 10.4 Å². The van der Waals surface area contributed by atoms with Gasteiger partial charge in [0.15, 0.2) is 4.87 Å². The molecule has 3 aromatic rings. The van der Waals surface area contributed by atoms with E-state index in [-0.39, 0.29) is 34.5 Å². The van der Waals surface area contributed by atoms with E-state index >= 15 is 0 Å². The third kappa shape index (κ3) is 4.05. The van der Waals surface area contributed by atoms with E-state index in [0.29, 0.717) is 17.7 Å². The fourth-order valence-corrected chi connectivity index (χ4v) is 8.94. The van der Waals surface area contributed by atoms with E-state index in [2.05, 4.69) is 5.32 Å². The molecule has 1 amide bonds. The second-order valence-electron chi connectivity index (χ2n) is 9.33. The number of hydrogen-bond donors (Lipinski definition) is 2. The van der Waals surface area contributed by atoms with Crippen LogP contribution < -0.4 is 10.2 Å². The summed E-state index contributed by atoms with van der Waals surface area (Å²) in [6.45, 7) is -0.0232. The van der Waals surface area contributed by atoms with Gasteiger partial charge in [-0.2, -0.15) is 0 Å². The minimum Gasteiger partial charge on any atom is -0.477 e. The number of hydrogen-bond acceptors (Lipinski definition) is 6. The quantitative estimate of drug-likeness (QED) is 0.480. The minimum atomic E-state index is -4.10. The Bertz CT molecular complexity index is 1370. The molecule has 2 N–H and O–H groups in total. The van der Waals surface area contributed by atoms with Gasteiger partial charge >= 0.3 is 5.97 Å². The Morgan fingerprint density at radius 2 is 1.64 bits per heavy atom. The fraction of sp³-hybridized carbons (Fsp3) is 0.333. The SMILES string of the molecule is O=C(O)c1sc(-c2ccccc2)cc1N1C(=O)CNCC1(C1CCCCC1)S(=O)(=O)c1ccccc1. The van der Waals surface area contributed by atoms with Crippen LogP contribution >= 0.6 is 11.3 Å². The zero-order chi connectivity index (χ0) is 25.3. The molecule has 7 nitrogen and oxygen atoms in total. The number of rotatable bonds is 6. The molecule has 2 aliphatic rings. The van der Waals surface area contributed by atoms with Crippen molar-refractivity contribution < 1.29 is 23.1 Å². The zero-order valence-electron chi connectivity index (χ0n) is 19.7. The Kier molecular flexibility index (Phi) is 6.72. The first-order chi connectivity index (χ1) is 17.4. The predicted molar refractivity (Wildman–Crippen MR) is 140 cm³/mol. The number of aromatic carboxylic acids is 1. The maximum absolute atomic E-state index is 14.5. The van der Waals surface area contributed by atoms with Crippen molar-refractivity contribution in [2.24, 2.45) is 5.92 Å². The smallest absolute Gasteiger partial charge is 0.348 e. The fourth-order valence-electron chi connectivity index (χ4n) is 5.62. The van der Waals surface area contributed by atoms with Gasteiger partial charge in [-0.05, 0) is 42.5 Å². The zero-order valence-corrected chi connectivity index (χ0v) is 21.4. The number of carboxylic acids is 1. The highest BCUT2D eigenvalue weighted by Crippen LogP contribution is 2.48. The first-order valence-corrected chi connectivity index (χ1v) is 14.4. The van der Waals surface area contributed by atoms with Crippen LogP contribution in [0.2, 0.25) is 0 Å². The molecule has 2 fully saturated rings. The molecule has 0 bridgehead atoms. The van der Waals surface area contributed by atoms with Gasteiger partial charge in [0, 0.05) is 11.4 Å². The number of anilines is 1. The van der Waals surface area contributed by atoms with Crippen LogP contribution in [0.1, 0.15) is 41.8 Å². The lowest BCUT2D eigenvalue weighted by atomic mass is 9.81. The molecular weight excluding hydrogens is 496 g/mol. The normalized spacial score (nSPS) is 21.4. The van der Waals surface area contributed by atoms with Crippen LogP contribution in [0.15, 0.2) is 71.6 Å². The first-order valence-electron chi connectivity index (χ1n) is 12.1. The molecule has 1 unspecified atom stereocenters. The number of carbonyl (C=O) groups is 2. The van der Waals surface area contributed by atoms with Gasteiger partial charge in [0.25, 0.3) is 0 Å². The predicted octanol–water partition coefficient (Wildman–Crippen LogP) is 4.80. The second kappa shape index (κ2) is 9.80. The molecule has 0 radical (unpaired) electrons. The number of nitrogens with zero attached hydrogens (tertiary/aromatic N) is 1. The van der Waals surface area contributed by atoms with Gasteiger partial charge in [-0.1, -0.05) is 67.8 Å². The van der Waals surface area contributed by atoms with E-state index < -0.39 is 26.6 Å². The molecule has 188 valence electrons. The average molecular weight is 525 g/mol. The number of piperazine rings is 1. The van der Waals surface area contributed by atoms with Crippen molar-refractivity contribution in [1.29, 1.82) is 0 Å². The molecule has 1 aliphatic carbocycles. The lowest BCUT2D eigenvalue weighted by Crippen LogP contribution is -2.71. The number of nitrogens with one attached hydrogen (secondary N) is 1. The molecule has 2 heterocycles. The number of thiophene rings is 1. The van der Waals surface area contributed by atoms with Crippen molar-refractivity contribution in [3.05, 3.63) is 71.6 Å². The molecule has 1 aliphatic heterocycles. The van der Waals surface area contributed by atoms with Gasteiger partial charge in [0.05, 0.1) is 17.1 Å². The van der Waals surface area contributed by atoms with Crippen molar-refractivity contribution in [1.82, 2.24) is 5.32 Å². The maximum atomic E-state index is 14.5. The summed E-state index contributed by atoms with van der Waals surface area (Å²) in [6, 6.07) is 19.2. The van der Waals surface area contributed by atoms with Gasteiger partial charge in [-0.3, -0.25) is 9.69 Å². The summed E-state index contributed by atoms with van der Waals surface area (Å²) in [5.41, 5.74) is 0.968. The number of sulfone groups is 1. The van der Waals surface area contributed by atoms with Crippen LogP contribution in [-0.2, 0) is 14.6 Å². The highest BCUT2D eigenvalue weighted by atomic mass is 32.2. The van der Waals surface area contributed by atoms with E-state index in [1.165, 1.54) is 4.90 Å². The van der Waals surface area contributed by atoms with Gasteiger partial charge in [-0.25, -0.2) is 13.2 Å². The number of benzene rings is 2. The van der Waals surface area contributed by atoms with Crippen molar-refractivity contribution in [2.45, 2.75) is 41.9 Å². The Hall–Kier alpha value is -3.01. The molecule has 36 heavy (non-hydrogen) atoms. The summed E-state index contributed by atoms with van der Waals surface area (Å²) in [6.07, 6.45) is 4.04. The van der Waals surface area contributed by atoms with Crippen LogP contribution in [0.4, 0.5) is 5.69 Å². The summed E-state index contributed by atoms with van der Waals surface area (Å²) in [4.78, 5) is 26.6. The van der Waals surface area contributed by atoms with Gasteiger partial charge in [0.1, 0.15) is 4.88 Å². The van der Waals surface area contributed by atoms with E-state index in [1.807, 2.05) is 30.3 Å². The summed E-state index contributed by atoms with van der Waals surface area (Å²) >= 11 is 1.06. The second-order valence-corrected chi connectivity index (χ2v) is 12.6. The third-order valence-electron chi connectivity index (χ3n) is 7.25. The topological polar surface area (TPSA) is 104 Å². The molecule has 1 aromatic heterocycles. The van der Waals surface area contributed by atoms with Gasteiger partial charge in [0.2, 0.25) is 15.7 Å². The standard InChI is InChI=1S/C27H28N2O5S2/c30-24-17-28-18-27(20-12-6-2-7-13-20,36(33,34)21-14-8-3-9-15-21)29(24)22-16-23(35-25(22)26(31)32)19-10-4-1-5-11-19/h1,3-5,8-11,14-16,20,28H,2,6-7,12-13,17-18H2,(H,31,32). The van der Waals surface area contributed by atoms with Crippen molar-refractivity contribution >= 4 is 38.7 Å². The third-order valence-corrected chi connectivity index (χ3v) is 10.9.